The molecule has 2 aromatic carbocycles. The van der Waals surface area contributed by atoms with Crippen LogP contribution in [0.3, 0.4) is 0 Å². The van der Waals surface area contributed by atoms with Crippen molar-refractivity contribution in [2.45, 2.75) is 17.1 Å². The van der Waals surface area contributed by atoms with Crippen LogP contribution in [0, 0.1) is 0 Å². The van der Waals surface area contributed by atoms with Crippen LogP contribution in [0.25, 0.3) is 0 Å². The first-order chi connectivity index (χ1) is 15.3. The molecule has 3 aromatic rings. The van der Waals surface area contributed by atoms with E-state index in [0.717, 1.165) is 11.3 Å². The van der Waals surface area contributed by atoms with Crippen LogP contribution in [-0.2, 0) is 14.8 Å². The van der Waals surface area contributed by atoms with E-state index in [2.05, 4.69) is 15.6 Å². The molecule has 0 saturated carbocycles. The highest BCUT2D eigenvalue weighted by molar-refractivity contribution is 7.94. The molecule has 0 radical (unpaired) electrons. The number of amides is 2. The predicted octanol–water partition coefficient (Wildman–Crippen LogP) is 3.82. The summed E-state index contributed by atoms with van der Waals surface area (Å²) in [5.41, 5.74) is 4.79. The maximum atomic E-state index is 12.5. The average molecular weight is 494 g/mol. The van der Waals surface area contributed by atoms with E-state index in [9.17, 15) is 18.0 Å². The Morgan fingerprint density at radius 3 is 2.44 bits per heavy atom. The van der Waals surface area contributed by atoms with Crippen LogP contribution in [0.2, 0.25) is 5.02 Å². The lowest BCUT2D eigenvalue weighted by Crippen LogP contribution is -2.41. The van der Waals surface area contributed by atoms with Crippen LogP contribution in [-0.4, -0.2) is 26.8 Å². The summed E-state index contributed by atoms with van der Waals surface area (Å²) in [7, 11) is -3.82. The minimum Gasteiger partial charge on any atom is -0.494 e. The molecule has 0 fully saturated rings. The summed E-state index contributed by atoms with van der Waals surface area (Å²) in [5, 5.41) is 2.25. The number of carbonyl (C=O) groups excluding carboxylic acids is 2. The molecule has 3 N–H and O–H groups in total. The summed E-state index contributed by atoms with van der Waals surface area (Å²) in [6, 6.07) is 16.1. The van der Waals surface area contributed by atoms with Crippen LogP contribution >= 0.6 is 22.9 Å². The molecule has 0 unspecified atom stereocenters. The van der Waals surface area contributed by atoms with Crippen molar-refractivity contribution in [2.24, 2.45) is 0 Å². The fourth-order valence-corrected chi connectivity index (χ4v) is 4.79. The van der Waals surface area contributed by atoms with Crippen molar-refractivity contribution < 1.29 is 22.7 Å². The summed E-state index contributed by atoms with van der Waals surface area (Å²) in [6.45, 7) is 0.316. The Labute approximate surface area is 194 Å². The minimum atomic E-state index is -3.82. The number of anilines is 1. The maximum absolute atomic E-state index is 12.5. The molecule has 0 aliphatic heterocycles. The van der Waals surface area contributed by atoms with Gasteiger partial charge in [0, 0.05) is 11.4 Å². The van der Waals surface area contributed by atoms with Gasteiger partial charge in [0.25, 0.3) is 15.9 Å². The lowest BCUT2D eigenvalue weighted by atomic mass is 10.2. The number of carbonyl (C=O) groups is 2. The Morgan fingerprint density at radius 2 is 1.72 bits per heavy atom. The van der Waals surface area contributed by atoms with Crippen molar-refractivity contribution in [1.82, 2.24) is 10.9 Å². The molecule has 0 aliphatic rings. The highest BCUT2D eigenvalue weighted by atomic mass is 35.5. The van der Waals surface area contributed by atoms with Gasteiger partial charge in [-0.15, -0.1) is 11.3 Å². The number of rotatable bonds is 9. The van der Waals surface area contributed by atoms with Crippen molar-refractivity contribution >= 4 is 50.5 Å². The highest BCUT2D eigenvalue weighted by Gasteiger charge is 2.19. The van der Waals surface area contributed by atoms with E-state index in [1.165, 1.54) is 18.2 Å². The zero-order valence-corrected chi connectivity index (χ0v) is 19.1. The molecule has 3 rings (SSSR count). The topological polar surface area (TPSA) is 114 Å². The molecular weight excluding hydrogens is 474 g/mol. The standard InChI is InChI=1S/C21H20ClN3O5S2/c22-15-9-11-16(12-10-15)30-13-3-7-19(26)23-24-21(27)17-5-1-2-6-18(17)25-32(28,29)20-8-4-14-31-20/h1-2,4-6,8-12,14,25H,3,7,13H2,(H,23,26)(H,24,27). The molecule has 0 spiro atoms. The van der Waals surface area contributed by atoms with Gasteiger partial charge in [-0.05, 0) is 54.3 Å². The first-order valence-electron chi connectivity index (χ1n) is 9.48. The first-order valence-corrected chi connectivity index (χ1v) is 12.2. The van der Waals surface area contributed by atoms with Crippen LogP contribution < -0.4 is 20.3 Å². The molecule has 8 nitrogen and oxygen atoms in total. The van der Waals surface area contributed by atoms with E-state index in [4.69, 9.17) is 16.3 Å². The fourth-order valence-electron chi connectivity index (χ4n) is 2.59. The van der Waals surface area contributed by atoms with Crippen molar-refractivity contribution in [3.8, 4) is 5.75 Å². The summed E-state index contributed by atoms with van der Waals surface area (Å²) in [4.78, 5) is 24.5. The summed E-state index contributed by atoms with van der Waals surface area (Å²) in [5.74, 6) is -0.417. The quantitative estimate of drug-likeness (QED) is 0.310. The van der Waals surface area contributed by atoms with Gasteiger partial charge < -0.3 is 4.74 Å². The van der Waals surface area contributed by atoms with Crippen molar-refractivity contribution in [3.63, 3.8) is 0 Å². The Morgan fingerprint density at radius 1 is 0.969 bits per heavy atom. The zero-order chi connectivity index (χ0) is 23.0. The third-order valence-electron chi connectivity index (χ3n) is 4.12. The average Bonchev–Trinajstić information content (AvgIpc) is 3.32. The third kappa shape index (κ3) is 6.71. The van der Waals surface area contributed by atoms with Gasteiger partial charge in [0.2, 0.25) is 5.91 Å². The Hall–Kier alpha value is -3.08. The molecular formula is C21H20ClN3O5S2. The molecule has 2 amide bonds. The third-order valence-corrected chi connectivity index (χ3v) is 7.14. The van der Waals surface area contributed by atoms with Gasteiger partial charge in [0.15, 0.2) is 0 Å². The molecule has 0 aliphatic carbocycles. The number of ether oxygens (including phenoxy) is 1. The molecule has 1 aromatic heterocycles. The van der Waals surface area contributed by atoms with Crippen molar-refractivity contribution in [1.29, 1.82) is 0 Å². The van der Waals surface area contributed by atoms with Crippen LogP contribution in [0.15, 0.2) is 70.3 Å². The zero-order valence-electron chi connectivity index (χ0n) is 16.7. The number of hydrogen-bond donors (Lipinski definition) is 3. The normalized spacial score (nSPS) is 10.9. The van der Waals surface area contributed by atoms with E-state index in [1.54, 1.807) is 47.8 Å². The van der Waals surface area contributed by atoms with Gasteiger partial charge in [-0.1, -0.05) is 29.8 Å². The Kier molecular flexibility index (Phi) is 8.09. The molecule has 0 bridgehead atoms. The van der Waals surface area contributed by atoms with Gasteiger partial charge in [0.1, 0.15) is 9.96 Å². The van der Waals surface area contributed by atoms with Crippen molar-refractivity contribution in [3.05, 3.63) is 76.6 Å². The number of halogens is 1. The van der Waals surface area contributed by atoms with Gasteiger partial charge in [-0.25, -0.2) is 8.42 Å². The largest absolute Gasteiger partial charge is 0.494 e. The van der Waals surface area contributed by atoms with E-state index in [-0.39, 0.29) is 21.9 Å². The summed E-state index contributed by atoms with van der Waals surface area (Å²) in [6.07, 6.45) is 0.558. The van der Waals surface area contributed by atoms with E-state index >= 15 is 0 Å². The number of hydrazine groups is 1. The Bertz CT molecular complexity index is 1170. The lowest BCUT2D eigenvalue weighted by Gasteiger charge is -2.12. The molecule has 168 valence electrons. The second-order valence-electron chi connectivity index (χ2n) is 6.49. The van der Waals surface area contributed by atoms with Gasteiger partial charge in [0.05, 0.1) is 17.9 Å². The second-order valence-corrected chi connectivity index (χ2v) is 9.78. The van der Waals surface area contributed by atoms with Crippen LogP contribution in [0.1, 0.15) is 23.2 Å². The van der Waals surface area contributed by atoms with Gasteiger partial charge in [-0.2, -0.15) is 0 Å². The van der Waals surface area contributed by atoms with E-state index in [0.29, 0.717) is 23.8 Å². The number of nitrogens with one attached hydrogen (secondary N) is 3. The number of para-hydroxylation sites is 1. The van der Waals surface area contributed by atoms with E-state index < -0.39 is 21.8 Å². The second kappa shape index (κ2) is 11.0. The number of sulfonamides is 1. The number of benzene rings is 2. The smallest absolute Gasteiger partial charge is 0.271 e. The number of thiophene rings is 1. The van der Waals surface area contributed by atoms with Gasteiger partial charge >= 0.3 is 0 Å². The molecule has 11 heteroatoms. The van der Waals surface area contributed by atoms with Crippen LogP contribution in [0.4, 0.5) is 5.69 Å². The van der Waals surface area contributed by atoms with Gasteiger partial charge in [-0.3, -0.25) is 25.2 Å². The Balaban J connectivity index is 1.48. The molecule has 0 saturated heterocycles. The maximum Gasteiger partial charge on any atom is 0.271 e. The highest BCUT2D eigenvalue weighted by Crippen LogP contribution is 2.22. The molecule has 0 atom stereocenters. The monoisotopic (exact) mass is 493 g/mol. The predicted molar refractivity (Wildman–Crippen MR) is 123 cm³/mol. The SMILES string of the molecule is O=C(CCCOc1ccc(Cl)cc1)NNC(=O)c1ccccc1NS(=O)(=O)c1cccs1. The van der Waals surface area contributed by atoms with E-state index in [1.807, 2.05) is 0 Å². The molecule has 32 heavy (non-hydrogen) atoms. The summed E-state index contributed by atoms with van der Waals surface area (Å²) < 4.78 is 32.9. The first kappa shape index (κ1) is 23.6. The summed E-state index contributed by atoms with van der Waals surface area (Å²) >= 11 is 6.87. The molecule has 1 heterocycles. The minimum absolute atomic E-state index is 0.0685. The van der Waals surface area contributed by atoms with Crippen LogP contribution in [0.5, 0.6) is 5.75 Å². The van der Waals surface area contributed by atoms with Crippen molar-refractivity contribution in [2.75, 3.05) is 11.3 Å². The number of hydrogen-bond acceptors (Lipinski definition) is 6. The lowest BCUT2D eigenvalue weighted by molar-refractivity contribution is -0.122. The fraction of sp³-hybridized carbons (Fsp3) is 0.143.